The standard InChI is InChI=1S/C13H13NS2/c14-16-13-7-3-11(4-8-13)9-10-1-5-12(15)6-2-10/h1-8,15H,9,14H2. The summed E-state index contributed by atoms with van der Waals surface area (Å²) in [4.78, 5) is 2.09. The van der Waals surface area contributed by atoms with Crippen molar-refractivity contribution in [1.29, 1.82) is 0 Å². The van der Waals surface area contributed by atoms with Gasteiger partial charge in [0.05, 0.1) is 0 Å². The third-order valence-corrected chi connectivity index (χ3v) is 3.25. The van der Waals surface area contributed by atoms with Gasteiger partial charge in [0, 0.05) is 9.79 Å². The van der Waals surface area contributed by atoms with E-state index in [1.807, 2.05) is 24.3 Å². The molecular weight excluding hydrogens is 234 g/mol. The fraction of sp³-hybridized carbons (Fsp3) is 0.0769. The van der Waals surface area contributed by atoms with Crippen molar-refractivity contribution in [3.63, 3.8) is 0 Å². The predicted octanol–water partition coefficient (Wildman–Crippen LogP) is 3.53. The van der Waals surface area contributed by atoms with Crippen LogP contribution in [0.4, 0.5) is 0 Å². The van der Waals surface area contributed by atoms with E-state index in [1.165, 1.54) is 23.1 Å². The first-order valence-corrected chi connectivity index (χ1v) is 6.34. The van der Waals surface area contributed by atoms with Crippen molar-refractivity contribution in [1.82, 2.24) is 0 Å². The van der Waals surface area contributed by atoms with Gasteiger partial charge in [-0.15, -0.1) is 12.6 Å². The van der Waals surface area contributed by atoms with Crippen LogP contribution in [0.3, 0.4) is 0 Å². The summed E-state index contributed by atoms with van der Waals surface area (Å²) in [6.45, 7) is 0. The minimum Gasteiger partial charge on any atom is -0.274 e. The molecule has 3 heteroatoms. The Labute approximate surface area is 106 Å². The number of hydrogen-bond donors (Lipinski definition) is 2. The van der Waals surface area contributed by atoms with Crippen LogP contribution in [0.25, 0.3) is 0 Å². The zero-order chi connectivity index (χ0) is 11.4. The summed E-state index contributed by atoms with van der Waals surface area (Å²) in [5, 5.41) is 5.48. The first-order valence-electron chi connectivity index (χ1n) is 5.01. The second-order valence-electron chi connectivity index (χ2n) is 3.61. The molecular formula is C13H13NS2. The van der Waals surface area contributed by atoms with Gasteiger partial charge >= 0.3 is 0 Å². The van der Waals surface area contributed by atoms with Gasteiger partial charge in [0.1, 0.15) is 0 Å². The third-order valence-electron chi connectivity index (χ3n) is 2.40. The summed E-state index contributed by atoms with van der Waals surface area (Å²) < 4.78 is 0. The number of thiol groups is 1. The molecule has 0 spiro atoms. The van der Waals surface area contributed by atoms with Crippen molar-refractivity contribution >= 4 is 24.6 Å². The Hall–Kier alpha value is -0.900. The minimum atomic E-state index is 0.948. The van der Waals surface area contributed by atoms with Crippen molar-refractivity contribution in [2.75, 3.05) is 0 Å². The lowest BCUT2D eigenvalue weighted by Gasteiger charge is -2.03. The molecule has 2 aromatic carbocycles. The van der Waals surface area contributed by atoms with Crippen LogP contribution in [0.15, 0.2) is 58.3 Å². The predicted molar refractivity (Wildman–Crippen MR) is 73.0 cm³/mol. The molecule has 0 bridgehead atoms. The Kier molecular flexibility index (Phi) is 3.93. The van der Waals surface area contributed by atoms with E-state index in [4.69, 9.17) is 5.14 Å². The Balaban J connectivity index is 2.11. The zero-order valence-corrected chi connectivity index (χ0v) is 10.5. The van der Waals surface area contributed by atoms with E-state index >= 15 is 0 Å². The van der Waals surface area contributed by atoms with Gasteiger partial charge < -0.3 is 0 Å². The summed E-state index contributed by atoms with van der Waals surface area (Å²) in [5.74, 6) is 0. The fourth-order valence-corrected chi connectivity index (χ4v) is 1.98. The summed E-state index contributed by atoms with van der Waals surface area (Å²) in [6.07, 6.45) is 0.948. The number of nitrogens with two attached hydrogens (primary N) is 1. The maximum absolute atomic E-state index is 5.48. The fourth-order valence-electron chi connectivity index (χ4n) is 1.54. The Bertz CT molecular complexity index is 448. The highest BCUT2D eigenvalue weighted by atomic mass is 32.2. The van der Waals surface area contributed by atoms with Crippen molar-refractivity contribution in [2.45, 2.75) is 16.2 Å². The number of hydrogen-bond acceptors (Lipinski definition) is 3. The lowest BCUT2D eigenvalue weighted by molar-refractivity contribution is 1.17. The van der Waals surface area contributed by atoms with Crippen LogP contribution >= 0.6 is 24.6 Å². The average molecular weight is 247 g/mol. The highest BCUT2D eigenvalue weighted by molar-refractivity contribution is 7.97. The van der Waals surface area contributed by atoms with E-state index in [0.29, 0.717) is 0 Å². The molecule has 0 radical (unpaired) electrons. The zero-order valence-electron chi connectivity index (χ0n) is 8.76. The molecule has 16 heavy (non-hydrogen) atoms. The number of benzene rings is 2. The van der Waals surface area contributed by atoms with E-state index in [2.05, 4.69) is 36.9 Å². The van der Waals surface area contributed by atoms with Gasteiger partial charge in [-0.1, -0.05) is 24.3 Å². The van der Waals surface area contributed by atoms with E-state index in [0.717, 1.165) is 16.2 Å². The van der Waals surface area contributed by atoms with E-state index < -0.39 is 0 Å². The highest BCUT2D eigenvalue weighted by Gasteiger charge is 1.97. The summed E-state index contributed by atoms with van der Waals surface area (Å²) in [7, 11) is 0. The first kappa shape index (κ1) is 11.6. The Morgan fingerprint density at radius 1 is 0.875 bits per heavy atom. The molecule has 1 nitrogen and oxygen atoms in total. The van der Waals surface area contributed by atoms with Gasteiger partial charge in [0.15, 0.2) is 0 Å². The number of rotatable bonds is 3. The van der Waals surface area contributed by atoms with Gasteiger partial charge in [-0.2, -0.15) is 0 Å². The van der Waals surface area contributed by atoms with Crippen LogP contribution in [-0.4, -0.2) is 0 Å². The molecule has 2 aromatic rings. The van der Waals surface area contributed by atoms with Gasteiger partial charge in [0.2, 0.25) is 0 Å². The van der Waals surface area contributed by atoms with Crippen LogP contribution in [0.1, 0.15) is 11.1 Å². The summed E-state index contributed by atoms with van der Waals surface area (Å²) in [5.41, 5.74) is 2.59. The van der Waals surface area contributed by atoms with Crippen LogP contribution in [0.5, 0.6) is 0 Å². The summed E-state index contributed by atoms with van der Waals surface area (Å²) >= 11 is 5.54. The van der Waals surface area contributed by atoms with Crippen LogP contribution in [0.2, 0.25) is 0 Å². The SMILES string of the molecule is NSc1ccc(Cc2ccc(S)cc2)cc1. The van der Waals surface area contributed by atoms with E-state index in [-0.39, 0.29) is 0 Å². The lowest BCUT2D eigenvalue weighted by atomic mass is 10.1. The molecule has 82 valence electrons. The van der Waals surface area contributed by atoms with Crippen LogP contribution in [0, 0.1) is 0 Å². The molecule has 0 aliphatic heterocycles. The average Bonchev–Trinajstić information content (AvgIpc) is 2.33. The van der Waals surface area contributed by atoms with Gasteiger partial charge in [-0.3, -0.25) is 5.14 Å². The Morgan fingerprint density at radius 2 is 1.38 bits per heavy atom. The molecule has 0 aliphatic rings. The normalized spacial score (nSPS) is 10.4. The van der Waals surface area contributed by atoms with E-state index in [1.54, 1.807) is 0 Å². The molecule has 2 N–H and O–H groups in total. The second-order valence-corrected chi connectivity index (χ2v) is 4.83. The quantitative estimate of drug-likeness (QED) is 0.641. The van der Waals surface area contributed by atoms with Crippen molar-refractivity contribution in [3.05, 3.63) is 59.7 Å². The van der Waals surface area contributed by atoms with Crippen molar-refractivity contribution in [3.8, 4) is 0 Å². The molecule has 2 rings (SSSR count). The highest BCUT2D eigenvalue weighted by Crippen LogP contribution is 2.16. The molecule has 0 aromatic heterocycles. The minimum absolute atomic E-state index is 0.948. The monoisotopic (exact) mass is 247 g/mol. The lowest BCUT2D eigenvalue weighted by Crippen LogP contribution is -1.88. The van der Waals surface area contributed by atoms with Crippen molar-refractivity contribution < 1.29 is 0 Å². The first-order chi connectivity index (χ1) is 7.78. The van der Waals surface area contributed by atoms with Gasteiger partial charge in [0.25, 0.3) is 0 Å². The van der Waals surface area contributed by atoms with Crippen LogP contribution in [-0.2, 0) is 6.42 Å². The largest absolute Gasteiger partial charge is 0.274 e. The topological polar surface area (TPSA) is 26.0 Å². The molecule has 0 heterocycles. The molecule has 0 saturated heterocycles. The second kappa shape index (κ2) is 5.43. The smallest absolute Gasteiger partial charge is 0.0226 e. The molecule has 0 saturated carbocycles. The molecule has 0 unspecified atom stereocenters. The maximum Gasteiger partial charge on any atom is 0.0226 e. The van der Waals surface area contributed by atoms with Gasteiger partial charge in [-0.25, -0.2) is 0 Å². The van der Waals surface area contributed by atoms with Crippen LogP contribution < -0.4 is 5.14 Å². The Morgan fingerprint density at radius 3 is 1.88 bits per heavy atom. The van der Waals surface area contributed by atoms with Crippen molar-refractivity contribution in [2.24, 2.45) is 5.14 Å². The molecule has 0 fully saturated rings. The van der Waals surface area contributed by atoms with Gasteiger partial charge in [-0.05, 0) is 53.8 Å². The summed E-state index contributed by atoms with van der Waals surface area (Å²) in [6, 6.07) is 16.6. The molecule has 0 atom stereocenters. The molecule has 0 aliphatic carbocycles. The van der Waals surface area contributed by atoms with E-state index in [9.17, 15) is 0 Å². The maximum atomic E-state index is 5.48. The molecule has 0 amide bonds. The third kappa shape index (κ3) is 3.04.